The van der Waals surface area contributed by atoms with Crippen LogP contribution in [0.3, 0.4) is 0 Å². The van der Waals surface area contributed by atoms with E-state index in [2.05, 4.69) is 13.2 Å². The maximum absolute atomic E-state index is 13.0. The number of hydrogen-bond acceptors (Lipinski definition) is 9. The van der Waals surface area contributed by atoms with Crippen molar-refractivity contribution in [2.45, 2.75) is 70.2 Å². The van der Waals surface area contributed by atoms with Crippen molar-refractivity contribution in [3.8, 4) is 0 Å². The molecule has 1 aliphatic carbocycles. The first-order valence-corrected chi connectivity index (χ1v) is 9.71. The predicted molar refractivity (Wildman–Crippen MR) is 101 cm³/mol. The summed E-state index contributed by atoms with van der Waals surface area (Å²) in [7, 11) is 0. The van der Waals surface area contributed by atoms with Crippen molar-refractivity contribution in [1.29, 1.82) is 0 Å². The Bertz CT molecular complexity index is 826. The third-order valence-corrected chi connectivity index (χ3v) is 5.86. The summed E-state index contributed by atoms with van der Waals surface area (Å²) in [6.45, 7) is 12.8. The molecule has 0 unspecified atom stereocenters. The lowest BCUT2D eigenvalue weighted by atomic mass is 9.75. The van der Waals surface area contributed by atoms with Crippen LogP contribution in [0.15, 0.2) is 24.3 Å². The van der Waals surface area contributed by atoms with Gasteiger partial charge in [-0.3, -0.25) is 9.59 Å². The van der Waals surface area contributed by atoms with E-state index < -0.39 is 65.7 Å². The smallest absolute Gasteiger partial charge is 0.334 e. The molecule has 0 bridgehead atoms. The average Bonchev–Trinajstić information content (AvgIpc) is 3.39. The van der Waals surface area contributed by atoms with Gasteiger partial charge in [-0.15, -0.1) is 0 Å². The Hall–Kier alpha value is -2.52. The summed E-state index contributed by atoms with van der Waals surface area (Å²) >= 11 is 0. The molecule has 3 fully saturated rings. The highest BCUT2D eigenvalue weighted by Crippen LogP contribution is 2.45. The zero-order valence-electron chi connectivity index (χ0n) is 17.4. The first-order valence-electron chi connectivity index (χ1n) is 9.71. The molecule has 1 saturated carbocycles. The molecule has 2 heterocycles. The zero-order valence-corrected chi connectivity index (χ0v) is 17.4. The zero-order chi connectivity index (χ0) is 22.5. The van der Waals surface area contributed by atoms with E-state index in [1.165, 1.54) is 13.8 Å². The number of epoxide rings is 1. The highest BCUT2D eigenvalue weighted by atomic mass is 16.6. The number of carbonyl (C=O) groups excluding carboxylic acids is 4. The quantitative estimate of drug-likeness (QED) is 0.301. The summed E-state index contributed by atoms with van der Waals surface area (Å²) < 4.78 is 21.8. The molecular weight excluding hydrogens is 396 g/mol. The molecule has 9 heteroatoms. The number of hydrogen-bond donors (Lipinski definition) is 1. The Balaban J connectivity index is 2.14. The van der Waals surface area contributed by atoms with Gasteiger partial charge in [0.25, 0.3) is 0 Å². The summed E-state index contributed by atoms with van der Waals surface area (Å²) in [6.07, 6.45) is -4.87. The normalized spacial score (nSPS) is 40.6. The monoisotopic (exact) mass is 422 g/mol. The van der Waals surface area contributed by atoms with Crippen LogP contribution >= 0.6 is 0 Å². The van der Waals surface area contributed by atoms with Crippen molar-refractivity contribution in [3.05, 3.63) is 24.3 Å². The molecule has 0 aromatic carbocycles. The van der Waals surface area contributed by atoms with Gasteiger partial charge in [0.05, 0.1) is 12.0 Å². The second kappa shape index (κ2) is 7.63. The molecule has 3 aliphatic rings. The fourth-order valence-corrected chi connectivity index (χ4v) is 4.18. The maximum Gasteiger partial charge on any atom is 0.334 e. The molecule has 1 N–H and O–H groups in total. The molecule has 2 saturated heterocycles. The van der Waals surface area contributed by atoms with Crippen LogP contribution in [-0.4, -0.2) is 64.9 Å². The molecule has 2 aliphatic heterocycles. The molecule has 30 heavy (non-hydrogen) atoms. The van der Waals surface area contributed by atoms with Gasteiger partial charge in [-0.05, 0) is 26.2 Å². The Morgan fingerprint density at radius 2 is 1.87 bits per heavy atom. The van der Waals surface area contributed by atoms with Crippen molar-refractivity contribution >= 4 is 23.7 Å². The lowest BCUT2D eigenvalue weighted by Gasteiger charge is -2.39. The van der Waals surface area contributed by atoms with E-state index >= 15 is 0 Å². The van der Waals surface area contributed by atoms with Crippen LogP contribution in [0.1, 0.15) is 34.1 Å². The third kappa shape index (κ3) is 3.79. The number of aliphatic hydroxyl groups is 1. The van der Waals surface area contributed by atoms with Gasteiger partial charge in [0.1, 0.15) is 12.2 Å². The van der Waals surface area contributed by atoms with Crippen molar-refractivity contribution in [1.82, 2.24) is 0 Å². The summed E-state index contributed by atoms with van der Waals surface area (Å²) in [6, 6.07) is 0. The second-order valence-corrected chi connectivity index (χ2v) is 8.42. The summed E-state index contributed by atoms with van der Waals surface area (Å²) in [5.74, 6) is -4.16. The van der Waals surface area contributed by atoms with Crippen molar-refractivity contribution in [3.63, 3.8) is 0 Å². The minimum absolute atomic E-state index is 0.000884. The van der Waals surface area contributed by atoms with Gasteiger partial charge < -0.3 is 24.1 Å². The van der Waals surface area contributed by atoms with E-state index in [4.69, 9.17) is 18.9 Å². The summed E-state index contributed by atoms with van der Waals surface area (Å²) in [5.41, 5.74) is -2.22. The Morgan fingerprint density at radius 3 is 2.43 bits per heavy atom. The first kappa shape index (κ1) is 22.2. The molecule has 9 nitrogen and oxygen atoms in total. The SMILES string of the molecule is C=C(C)C(=O)O[C@H]1[C@H]2C(=C)C(=O)O[C@@H]2C[C@H](C)[C@@H]2O[C@@H]2C(=O)[C@](C)(O)[C@H]1OC(C)=O. The Labute approximate surface area is 174 Å². The number of ether oxygens (including phenoxy) is 4. The molecule has 0 radical (unpaired) electrons. The second-order valence-electron chi connectivity index (χ2n) is 8.42. The van der Waals surface area contributed by atoms with Crippen LogP contribution in [-0.2, 0) is 38.1 Å². The van der Waals surface area contributed by atoms with Gasteiger partial charge in [-0.1, -0.05) is 20.1 Å². The molecule has 164 valence electrons. The topological polar surface area (TPSA) is 129 Å². The molecular formula is C21H26O9. The third-order valence-electron chi connectivity index (χ3n) is 5.86. The van der Waals surface area contributed by atoms with Crippen molar-refractivity contribution in [2.75, 3.05) is 0 Å². The van der Waals surface area contributed by atoms with E-state index in [1.54, 1.807) is 0 Å². The van der Waals surface area contributed by atoms with E-state index in [9.17, 15) is 24.3 Å². The highest BCUT2D eigenvalue weighted by Gasteiger charge is 2.62. The van der Waals surface area contributed by atoms with E-state index in [-0.39, 0.29) is 17.1 Å². The average molecular weight is 422 g/mol. The van der Waals surface area contributed by atoms with Crippen LogP contribution in [0, 0.1) is 11.8 Å². The van der Waals surface area contributed by atoms with Crippen molar-refractivity contribution in [2.24, 2.45) is 11.8 Å². The number of fused-ring (bicyclic) bond motifs is 2. The van der Waals surface area contributed by atoms with Gasteiger partial charge in [0.15, 0.2) is 23.6 Å². The van der Waals surface area contributed by atoms with Crippen molar-refractivity contribution < 1.29 is 43.2 Å². The number of rotatable bonds is 3. The maximum atomic E-state index is 13.0. The van der Waals surface area contributed by atoms with Crippen LogP contribution in [0.25, 0.3) is 0 Å². The summed E-state index contributed by atoms with van der Waals surface area (Å²) in [5, 5.41) is 11.2. The number of ketones is 1. The van der Waals surface area contributed by atoms with Gasteiger partial charge in [0.2, 0.25) is 0 Å². The first-order chi connectivity index (χ1) is 13.9. The highest BCUT2D eigenvalue weighted by molar-refractivity contribution is 5.95. The predicted octanol–water partition coefficient (Wildman–Crippen LogP) is 0.631. The minimum Gasteiger partial charge on any atom is -0.458 e. The standard InChI is InChI=1S/C21H26O9/c1-8(2)19(24)30-15-13-10(4)20(25)28-12(13)7-9(3)14-16(29-14)17(23)21(6,26)18(15)27-11(5)22/h9,12-16,18,26H,1,4,7H2,2-3,5-6H3/t9-,12+,13-,14-,15-,16-,18-,21-/m0/s1. The lowest BCUT2D eigenvalue weighted by molar-refractivity contribution is -0.196. The fraction of sp³-hybridized carbons (Fsp3) is 0.619. The van der Waals surface area contributed by atoms with E-state index in [0.717, 1.165) is 6.92 Å². The van der Waals surface area contributed by atoms with E-state index in [1.807, 2.05) is 6.92 Å². The van der Waals surface area contributed by atoms with Gasteiger partial charge >= 0.3 is 17.9 Å². The molecule has 3 rings (SSSR count). The minimum atomic E-state index is -2.27. The number of Topliss-reactive ketones (excluding diaryl/α,β-unsaturated/α-hetero) is 1. The Morgan fingerprint density at radius 1 is 1.23 bits per heavy atom. The number of carbonyl (C=O) groups is 4. The van der Waals surface area contributed by atoms with Crippen LogP contribution < -0.4 is 0 Å². The molecule has 0 spiro atoms. The lowest BCUT2D eigenvalue weighted by Crippen LogP contribution is -2.60. The van der Waals surface area contributed by atoms with E-state index in [0.29, 0.717) is 6.42 Å². The van der Waals surface area contributed by atoms with Gasteiger partial charge in [-0.2, -0.15) is 0 Å². The molecule has 0 aromatic heterocycles. The van der Waals surface area contributed by atoms with Gasteiger partial charge in [-0.25, -0.2) is 9.59 Å². The van der Waals surface area contributed by atoms with Crippen LogP contribution in [0.2, 0.25) is 0 Å². The molecule has 8 atom stereocenters. The number of esters is 3. The Kier molecular flexibility index (Phi) is 5.64. The molecule has 0 aromatic rings. The van der Waals surface area contributed by atoms with Crippen LogP contribution in [0.4, 0.5) is 0 Å². The molecule has 0 amide bonds. The largest absolute Gasteiger partial charge is 0.458 e. The van der Waals surface area contributed by atoms with Gasteiger partial charge in [0, 0.05) is 18.1 Å². The van der Waals surface area contributed by atoms with Crippen LogP contribution in [0.5, 0.6) is 0 Å². The summed E-state index contributed by atoms with van der Waals surface area (Å²) in [4.78, 5) is 49.6. The fourth-order valence-electron chi connectivity index (χ4n) is 4.18.